The first-order chi connectivity index (χ1) is 16.9. The number of likely N-dealkylation sites (tertiary alicyclic amines) is 1. The number of nitrogens with zero attached hydrogens (tertiary/aromatic N) is 4. The molecule has 0 unspecified atom stereocenters. The van der Waals surface area contributed by atoms with Crippen LogP contribution in [0.15, 0.2) is 58.1 Å². The number of furan rings is 1. The minimum Gasteiger partial charge on any atom is -0.468 e. The number of unbranched alkanes of at least 4 members (excludes halogenated alkanes) is 1. The third-order valence-electron chi connectivity index (χ3n) is 6.69. The third kappa shape index (κ3) is 4.38. The molecule has 1 amide bonds. The first-order valence-corrected chi connectivity index (χ1v) is 13.6. The standard InChI is InChI=1S/C25H28N4O5S/c1-2-3-11-28-21(16-20-23(28)26-22-8-4-5-12-29(22)24(20)30)25(31)27-13-9-19(10-14-27)35(32,33)17-18-7-6-15-34-18/h4-8,12,15-16,19H,2-3,9-11,13-14,17H2,1H3. The fraction of sp³-hybridized carbons (Fsp3) is 0.400. The van der Waals surface area contributed by atoms with E-state index in [0.717, 1.165) is 12.8 Å². The largest absolute Gasteiger partial charge is 0.468 e. The van der Waals surface area contributed by atoms with Crippen LogP contribution in [0, 0.1) is 0 Å². The van der Waals surface area contributed by atoms with Crippen molar-refractivity contribution in [2.24, 2.45) is 0 Å². The maximum Gasteiger partial charge on any atom is 0.270 e. The van der Waals surface area contributed by atoms with Crippen molar-refractivity contribution < 1.29 is 17.6 Å². The maximum atomic E-state index is 13.6. The molecule has 4 aromatic rings. The summed E-state index contributed by atoms with van der Waals surface area (Å²) in [6, 6.07) is 10.3. The van der Waals surface area contributed by atoms with Crippen molar-refractivity contribution in [1.29, 1.82) is 0 Å². The van der Waals surface area contributed by atoms with Crippen LogP contribution < -0.4 is 5.56 Å². The number of pyridine rings is 1. The highest BCUT2D eigenvalue weighted by Crippen LogP contribution is 2.25. The van der Waals surface area contributed by atoms with Crippen LogP contribution in [0.1, 0.15) is 48.9 Å². The van der Waals surface area contributed by atoms with E-state index in [1.54, 1.807) is 41.4 Å². The van der Waals surface area contributed by atoms with Gasteiger partial charge >= 0.3 is 0 Å². The van der Waals surface area contributed by atoms with Crippen molar-refractivity contribution >= 4 is 32.4 Å². The Labute approximate surface area is 202 Å². The summed E-state index contributed by atoms with van der Waals surface area (Å²) in [5.41, 5.74) is 1.25. The molecule has 0 N–H and O–H groups in total. The fourth-order valence-corrected chi connectivity index (χ4v) is 6.49. The lowest BCUT2D eigenvalue weighted by Crippen LogP contribution is -2.43. The number of sulfone groups is 1. The van der Waals surface area contributed by atoms with Crippen LogP contribution in [-0.4, -0.2) is 51.5 Å². The Morgan fingerprint density at radius 2 is 1.97 bits per heavy atom. The Kier molecular flexibility index (Phi) is 6.22. The van der Waals surface area contributed by atoms with Crippen LogP contribution in [0.5, 0.6) is 0 Å². The fourth-order valence-electron chi connectivity index (χ4n) is 4.76. The van der Waals surface area contributed by atoms with Gasteiger partial charge in [-0.25, -0.2) is 13.4 Å². The van der Waals surface area contributed by atoms with E-state index < -0.39 is 15.1 Å². The lowest BCUT2D eigenvalue weighted by atomic mass is 10.1. The van der Waals surface area contributed by atoms with Crippen LogP contribution in [0.4, 0.5) is 0 Å². The molecule has 35 heavy (non-hydrogen) atoms. The van der Waals surface area contributed by atoms with Gasteiger partial charge in [0.05, 0.1) is 16.9 Å². The molecule has 1 aliphatic rings. The monoisotopic (exact) mass is 496 g/mol. The highest BCUT2D eigenvalue weighted by atomic mass is 32.2. The molecule has 9 nitrogen and oxygen atoms in total. The molecule has 10 heteroatoms. The molecule has 0 bridgehead atoms. The highest BCUT2D eigenvalue weighted by Gasteiger charge is 2.33. The van der Waals surface area contributed by atoms with E-state index in [4.69, 9.17) is 4.42 Å². The van der Waals surface area contributed by atoms with Gasteiger partial charge < -0.3 is 13.9 Å². The van der Waals surface area contributed by atoms with E-state index in [1.165, 1.54) is 10.7 Å². The summed E-state index contributed by atoms with van der Waals surface area (Å²) in [6.45, 7) is 3.32. The lowest BCUT2D eigenvalue weighted by Gasteiger charge is -2.31. The zero-order valence-electron chi connectivity index (χ0n) is 19.6. The molecule has 0 radical (unpaired) electrons. The number of piperidine rings is 1. The molecular formula is C25H28N4O5S. The van der Waals surface area contributed by atoms with Crippen LogP contribution >= 0.6 is 0 Å². The second kappa shape index (κ2) is 9.33. The van der Waals surface area contributed by atoms with Crippen molar-refractivity contribution in [2.45, 2.75) is 50.2 Å². The molecule has 1 aliphatic heterocycles. The summed E-state index contributed by atoms with van der Waals surface area (Å²) in [5, 5.41) is -0.108. The predicted octanol–water partition coefficient (Wildman–Crippen LogP) is 3.26. The Hall–Kier alpha value is -3.40. The molecule has 0 spiro atoms. The average Bonchev–Trinajstić information content (AvgIpc) is 3.50. The normalized spacial score (nSPS) is 15.3. The third-order valence-corrected chi connectivity index (χ3v) is 8.87. The number of hydrogen-bond donors (Lipinski definition) is 0. The van der Waals surface area contributed by atoms with Crippen LogP contribution in [-0.2, 0) is 22.1 Å². The summed E-state index contributed by atoms with van der Waals surface area (Å²) in [4.78, 5) is 33.1. The van der Waals surface area contributed by atoms with Gasteiger partial charge in [0, 0.05) is 25.8 Å². The first kappa shape index (κ1) is 23.3. The number of fused-ring (bicyclic) bond motifs is 2. The molecular weight excluding hydrogens is 468 g/mol. The molecule has 5 rings (SSSR count). The van der Waals surface area contributed by atoms with Gasteiger partial charge in [0.1, 0.15) is 28.5 Å². The summed E-state index contributed by atoms with van der Waals surface area (Å²) in [5.74, 6) is 0.0945. The molecule has 1 fully saturated rings. The number of carbonyl (C=O) groups is 1. The van der Waals surface area contributed by atoms with Gasteiger partial charge in [0.2, 0.25) is 0 Å². The molecule has 0 atom stereocenters. The van der Waals surface area contributed by atoms with Crippen molar-refractivity contribution in [3.05, 3.63) is 70.7 Å². The second-order valence-electron chi connectivity index (χ2n) is 9.00. The van der Waals surface area contributed by atoms with Crippen molar-refractivity contribution in [1.82, 2.24) is 18.9 Å². The summed E-state index contributed by atoms with van der Waals surface area (Å²) in [6.07, 6.45) is 5.64. The van der Waals surface area contributed by atoms with Crippen LogP contribution in [0.3, 0.4) is 0 Å². The summed E-state index contributed by atoms with van der Waals surface area (Å²) in [7, 11) is -3.38. The Bertz CT molecular complexity index is 1530. The molecule has 1 saturated heterocycles. The Morgan fingerprint density at radius 1 is 1.17 bits per heavy atom. The summed E-state index contributed by atoms with van der Waals surface area (Å²) < 4.78 is 34.2. The smallest absolute Gasteiger partial charge is 0.270 e. The van der Waals surface area contributed by atoms with E-state index in [9.17, 15) is 18.0 Å². The average molecular weight is 497 g/mol. The van der Waals surface area contributed by atoms with Crippen molar-refractivity contribution in [3.8, 4) is 0 Å². The molecule has 184 valence electrons. The van der Waals surface area contributed by atoms with Gasteiger partial charge in [-0.1, -0.05) is 19.4 Å². The van der Waals surface area contributed by atoms with E-state index >= 15 is 0 Å². The minimum absolute atomic E-state index is 0.132. The molecule has 4 aromatic heterocycles. The first-order valence-electron chi connectivity index (χ1n) is 11.9. The molecule has 5 heterocycles. The van der Waals surface area contributed by atoms with Crippen LogP contribution in [0.2, 0.25) is 0 Å². The quantitative estimate of drug-likeness (QED) is 0.389. The van der Waals surface area contributed by atoms with Crippen molar-refractivity contribution in [3.63, 3.8) is 0 Å². The molecule has 0 aliphatic carbocycles. The Balaban J connectivity index is 1.42. The SMILES string of the molecule is CCCCn1c(C(=O)N2CCC(S(=O)(=O)Cc3ccco3)CC2)cc2c(=O)n3ccccc3nc21. The number of carbonyl (C=O) groups excluding carboxylic acids is 1. The number of rotatable bonds is 7. The second-order valence-corrected chi connectivity index (χ2v) is 11.3. The zero-order valence-corrected chi connectivity index (χ0v) is 20.4. The van der Waals surface area contributed by atoms with Gasteiger partial charge in [0.15, 0.2) is 9.84 Å². The molecule has 0 saturated carbocycles. The molecule has 0 aromatic carbocycles. The van der Waals surface area contributed by atoms with Gasteiger partial charge in [0.25, 0.3) is 11.5 Å². The van der Waals surface area contributed by atoms with E-state index in [0.29, 0.717) is 60.6 Å². The van der Waals surface area contributed by atoms with Gasteiger partial charge in [-0.3, -0.25) is 14.0 Å². The lowest BCUT2D eigenvalue weighted by molar-refractivity contribution is 0.0715. The topological polar surface area (TPSA) is 107 Å². The zero-order chi connectivity index (χ0) is 24.6. The minimum atomic E-state index is -3.38. The highest BCUT2D eigenvalue weighted by molar-refractivity contribution is 7.91. The van der Waals surface area contributed by atoms with E-state index in [2.05, 4.69) is 11.9 Å². The number of amides is 1. The maximum absolute atomic E-state index is 13.6. The predicted molar refractivity (Wildman–Crippen MR) is 132 cm³/mol. The van der Waals surface area contributed by atoms with Crippen molar-refractivity contribution in [2.75, 3.05) is 13.1 Å². The van der Waals surface area contributed by atoms with Gasteiger partial charge in [-0.15, -0.1) is 0 Å². The number of aryl methyl sites for hydroxylation is 1. The van der Waals surface area contributed by atoms with Crippen LogP contribution in [0.25, 0.3) is 16.7 Å². The van der Waals surface area contributed by atoms with E-state index in [-0.39, 0.29) is 17.2 Å². The number of aromatic nitrogens is 3. The van der Waals surface area contributed by atoms with E-state index in [1.807, 2.05) is 10.6 Å². The van der Waals surface area contributed by atoms with Gasteiger partial charge in [-0.05, 0) is 49.6 Å². The summed E-state index contributed by atoms with van der Waals surface area (Å²) >= 11 is 0. The number of hydrogen-bond acceptors (Lipinski definition) is 6. The van der Waals surface area contributed by atoms with Gasteiger partial charge in [-0.2, -0.15) is 0 Å². The Morgan fingerprint density at radius 3 is 2.69 bits per heavy atom.